The van der Waals surface area contributed by atoms with E-state index >= 15 is 0 Å². The molecule has 2 aromatic heterocycles. The quantitative estimate of drug-likeness (QED) is 0.863. The molecule has 0 radical (unpaired) electrons. The molecule has 1 aliphatic rings. The van der Waals surface area contributed by atoms with E-state index in [1.54, 1.807) is 23.0 Å². The molecule has 0 unspecified atom stereocenters. The monoisotopic (exact) mass is 323 g/mol. The molecule has 0 amide bonds. The molecule has 3 heterocycles. The molecule has 2 aromatic rings. The van der Waals surface area contributed by atoms with Crippen molar-refractivity contribution in [2.75, 3.05) is 18.0 Å². The molecule has 0 aliphatic carbocycles. The highest BCUT2D eigenvalue weighted by Gasteiger charge is 2.29. The second-order valence-electron chi connectivity index (χ2n) is 7.28. The van der Waals surface area contributed by atoms with Crippen LogP contribution >= 0.6 is 0 Å². The smallest absolute Gasteiger partial charge is 0.266 e. The highest BCUT2D eigenvalue weighted by atomic mass is 16.1. The van der Waals surface area contributed by atoms with Gasteiger partial charge in [-0.1, -0.05) is 20.8 Å². The molecule has 1 saturated heterocycles. The first-order chi connectivity index (χ1) is 11.4. The van der Waals surface area contributed by atoms with Crippen molar-refractivity contribution in [2.45, 2.75) is 32.7 Å². The van der Waals surface area contributed by atoms with Crippen LogP contribution in [-0.4, -0.2) is 27.9 Å². The molecule has 0 saturated carbocycles. The van der Waals surface area contributed by atoms with Gasteiger partial charge in [-0.2, -0.15) is 10.4 Å². The van der Waals surface area contributed by atoms with Crippen molar-refractivity contribution < 1.29 is 0 Å². The predicted octanol–water partition coefficient (Wildman–Crippen LogP) is 1.94. The standard InChI is InChI=1S/C18H21N5O/c1-18(2,3)15-5-7-17(24)23(21-15)12-14-10-22(11-14)16-6-4-13(8-19)9-20-16/h4-7,9,14H,10-12H2,1-3H3. The van der Waals surface area contributed by atoms with E-state index in [0.717, 1.165) is 24.6 Å². The Morgan fingerprint density at radius 1 is 1.25 bits per heavy atom. The SMILES string of the molecule is CC(C)(C)c1ccc(=O)n(CC2CN(c3ccc(C#N)cn3)C2)n1. The lowest BCUT2D eigenvalue weighted by atomic mass is 9.92. The van der Waals surface area contributed by atoms with Gasteiger partial charge in [-0.15, -0.1) is 0 Å². The Morgan fingerprint density at radius 3 is 2.58 bits per heavy atom. The average molecular weight is 323 g/mol. The summed E-state index contributed by atoms with van der Waals surface area (Å²) in [6, 6.07) is 9.12. The fourth-order valence-electron chi connectivity index (χ4n) is 2.74. The summed E-state index contributed by atoms with van der Waals surface area (Å²) in [5.74, 6) is 1.25. The second kappa shape index (κ2) is 6.08. The summed E-state index contributed by atoms with van der Waals surface area (Å²) in [6.45, 7) is 8.57. The van der Waals surface area contributed by atoms with Gasteiger partial charge in [-0.05, 0) is 18.2 Å². The third-order valence-electron chi connectivity index (χ3n) is 4.22. The van der Waals surface area contributed by atoms with Crippen molar-refractivity contribution in [3.05, 3.63) is 52.1 Å². The number of aromatic nitrogens is 3. The van der Waals surface area contributed by atoms with E-state index in [2.05, 4.69) is 41.8 Å². The van der Waals surface area contributed by atoms with Gasteiger partial charge in [-0.25, -0.2) is 9.67 Å². The molecule has 0 aromatic carbocycles. The number of rotatable bonds is 3. The molecule has 6 nitrogen and oxygen atoms in total. The van der Waals surface area contributed by atoms with Crippen molar-refractivity contribution in [2.24, 2.45) is 5.92 Å². The van der Waals surface area contributed by atoms with E-state index in [1.807, 2.05) is 12.1 Å². The minimum absolute atomic E-state index is 0.0575. The largest absolute Gasteiger partial charge is 0.356 e. The molecule has 0 N–H and O–H groups in total. The van der Waals surface area contributed by atoms with Crippen molar-refractivity contribution >= 4 is 5.82 Å². The normalized spacial score (nSPS) is 15.0. The van der Waals surface area contributed by atoms with Gasteiger partial charge in [0.05, 0.1) is 17.8 Å². The van der Waals surface area contributed by atoms with E-state index in [-0.39, 0.29) is 11.0 Å². The molecule has 0 bridgehead atoms. The van der Waals surface area contributed by atoms with Crippen molar-refractivity contribution in [3.8, 4) is 6.07 Å². The van der Waals surface area contributed by atoms with Gasteiger partial charge in [0.15, 0.2) is 0 Å². The topological polar surface area (TPSA) is 74.8 Å². The Morgan fingerprint density at radius 2 is 2.00 bits per heavy atom. The first-order valence-corrected chi connectivity index (χ1v) is 8.06. The molecule has 6 heteroatoms. The van der Waals surface area contributed by atoms with Crippen LogP contribution in [0.5, 0.6) is 0 Å². The van der Waals surface area contributed by atoms with Crippen LogP contribution in [0, 0.1) is 17.2 Å². The van der Waals surface area contributed by atoms with Gasteiger partial charge in [-0.3, -0.25) is 4.79 Å². The zero-order valence-electron chi connectivity index (χ0n) is 14.2. The Balaban J connectivity index is 1.65. The van der Waals surface area contributed by atoms with E-state index in [9.17, 15) is 4.79 Å². The van der Waals surface area contributed by atoms with E-state index < -0.39 is 0 Å². The zero-order chi connectivity index (χ0) is 17.3. The predicted molar refractivity (Wildman–Crippen MR) is 91.9 cm³/mol. The van der Waals surface area contributed by atoms with Gasteiger partial charge in [0.2, 0.25) is 0 Å². The molecule has 1 fully saturated rings. The van der Waals surface area contributed by atoms with Crippen LogP contribution in [0.4, 0.5) is 5.82 Å². The van der Waals surface area contributed by atoms with Crippen LogP contribution in [0.25, 0.3) is 0 Å². The van der Waals surface area contributed by atoms with Crippen molar-refractivity contribution in [1.29, 1.82) is 5.26 Å². The van der Waals surface area contributed by atoms with Crippen molar-refractivity contribution in [3.63, 3.8) is 0 Å². The van der Waals surface area contributed by atoms with Crippen LogP contribution in [0.3, 0.4) is 0 Å². The zero-order valence-corrected chi connectivity index (χ0v) is 14.2. The first-order valence-electron chi connectivity index (χ1n) is 8.06. The molecular formula is C18H21N5O. The van der Waals surface area contributed by atoms with Crippen LogP contribution in [-0.2, 0) is 12.0 Å². The van der Waals surface area contributed by atoms with Crippen LogP contribution < -0.4 is 10.5 Å². The fraction of sp³-hybridized carbons (Fsp3) is 0.444. The summed E-state index contributed by atoms with van der Waals surface area (Å²) in [4.78, 5) is 18.5. The molecular weight excluding hydrogens is 302 g/mol. The van der Waals surface area contributed by atoms with Crippen LogP contribution in [0.1, 0.15) is 32.0 Å². The fourth-order valence-corrected chi connectivity index (χ4v) is 2.74. The second-order valence-corrected chi connectivity index (χ2v) is 7.28. The Hall–Kier alpha value is -2.68. The Labute approximate surface area is 141 Å². The summed E-state index contributed by atoms with van der Waals surface area (Å²) in [5.41, 5.74) is 1.35. The molecule has 124 valence electrons. The molecule has 24 heavy (non-hydrogen) atoms. The Kier molecular flexibility index (Phi) is 4.10. The number of nitriles is 1. The number of hydrogen-bond acceptors (Lipinski definition) is 5. The van der Waals surface area contributed by atoms with Gasteiger partial charge in [0, 0.05) is 36.7 Å². The highest BCUT2D eigenvalue weighted by molar-refractivity contribution is 5.44. The summed E-state index contributed by atoms with van der Waals surface area (Å²) >= 11 is 0. The molecule has 0 spiro atoms. The van der Waals surface area contributed by atoms with E-state index in [4.69, 9.17) is 5.26 Å². The molecule has 3 rings (SSSR count). The van der Waals surface area contributed by atoms with Crippen LogP contribution in [0.15, 0.2) is 35.3 Å². The Bertz CT molecular complexity index is 820. The third kappa shape index (κ3) is 3.30. The molecule has 0 atom stereocenters. The lowest BCUT2D eigenvalue weighted by Gasteiger charge is -2.40. The lowest BCUT2D eigenvalue weighted by Crippen LogP contribution is -2.50. The summed E-state index contributed by atoms with van der Waals surface area (Å²) in [6.07, 6.45) is 1.58. The maximum Gasteiger partial charge on any atom is 0.266 e. The number of nitrogens with zero attached hydrogens (tertiary/aromatic N) is 5. The van der Waals surface area contributed by atoms with Gasteiger partial charge >= 0.3 is 0 Å². The highest BCUT2D eigenvalue weighted by Crippen LogP contribution is 2.24. The lowest BCUT2D eigenvalue weighted by molar-refractivity contribution is 0.328. The summed E-state index contributed by atoms with van der Waals surface area (Å²) in [5, 5.41) is 13.3. The first kappa shape index (κ1) is 16.2. The van der Waals surface area contributed by atoms with E-state index in [1.165, 1.54) is 0 Å². The van der Waals surface area contributed by atoms with Gasteiger partial charge in [0.1, 0.15) is 11.9 Å². The average Bonchev–Trinajstić information content (AvgIpc) is 2.51. The number of pyridine rings is 1. The van der Waals surface area contributed by atoms with Crippen molar-refractivity contribution in [1.82, 2.24) is 14.8 Å². The van der Waals surface area contributed by atoms with Crippen LogP contribution in [0.2, 0.25) is 0 Å². The van der Waals surface area contributed by atoms with Gasteiger partial charge < -0.3 is 4.90 Å². The summed E-state index contributed by atoms with van der Waals surface area (Å²) in [7, 11) is 0. The van der Waals surface area contributed by atoms with E-state index in [0.29, 0.717) is 18.0 Å². The minimum atomic E-state index is -0.0759. The molecule has 1 aliphatic heterocycles. The maximum absolute atomic E-state index is 12.0. The minimum Gasteiger partial charge on any atom is -0.356 e. The number of anilines is 1. The third-order valence-corrected chi connectivity index (χ3v) is 4.22. The van der Waals surface area contributed by atoms with Gasteiger partial charge in [0.25, 0.3) is 5.56 Å². The number of hydrogen-bond donors (Lipinski definition) is 0. The maximum atomic E-state index is 12.0. The summed E-state index contributed by atoms with van der Waals surface area (Å²) < 4.78 is 1.58.